The first-order valence-corrected chi connectivity index (χ1v) is 9.04. The van der Waals surface area contributed by atoms with Gasteiger partial charge in [0.05, 0.1) is 5.56 Å². The van der Waals surface area contributed by atoms with E-state index < -0.39 is 0 Å². The van der Waals surface area contributed by atoms with Gasteiger partial charge in [0.25, 0.3) is 0 Å². The molecule has 1 aliphatic carbocycles. The van der Waals surface area contributed by atoms with E-state index in [4.69, 9.17) is 0 Å². The van der Waals surface area contributed by atoms with E-state index in [0.717, 1.165) is 45.9 Å². The van der Waals surface area contributed by atoms with E-state index in [-0.39, 0.29) is 6.04 Å². The summed E-state index contributed by atoms with van der Waals surface area (Å²) in [4.78, 5) is 5.60. The van der Waals surface area contributed by atoms with Crippen molar-refractivity contribution in [3.05, 3.63) is 58.9 Å². The van der Waals surface area contributed by atoms with Crippen LogP contribution in [0.3, 0.4) is 0 Å². The highest BCUT2D eigenvalue weighted by atomic mass is 32.2. The van der Waals surface area contributed by atoms with Crippen LogP contribution in [-0.2, 0) is 0 Å². The second kappa shape index (κ2) is 7.64. The minimum atomic E-state index is 0.126. The number of aromatic nitrogens is 1. The molecule has 3 rings (SSSR count). The molecule has 23 heavy (non-hydrogen) atoms. The summed E-state index contributed by atoms with van der Waals surface area (Å²) < 4.78 is 1.15. The third kappa shape index (κ3) is 4.35. The van der Waals surface area contributed by atoms with Gasteiger partial charge in [-0.1, -0.05) is 35.9 Å². The molecule has 1 aliphatic rings. The van der Waals surface area contributed by atoms with E-state index >= 15 is 0 Å². The summed E-state index contributed by atoms with van der Waals surface area (Å²) in [5, 5.41) is 13.3. The molecule has 0 bridgehead atoms. The number of hydrogen-bond donors (Lipinski definition) is 0. The summed E-state index contributed by atoms with van der Waals surface area (Å²) >= 11 is 1.60. The monoisotopic (exact) mass is 326 g/mol. The topological polar surface area (TPSA) is 39.0 Å². The van der Waals surface area contributed by atoms with Gasteiger partial charge in [0.1, 0.15) is 5.03 Å². The van der Waals surface area contributed by atoms with Gasteiger partial charge in [-0.2, -0.15) is 0 Å². The van der Waals surface area contributed by atoms with Crippen LogP contribution in [0.1, 0.15) is 43.2 Å². The molecule has 1 aromatic heterocycles. The summed E-state index contributed by atoms with van der Waals surface area (Å²) in [6, 6.07) is 12.4. The zero-order valence-corrected chi connectivity index (χ0v) is 14.3. The van der Waals surface area contributed by atoms with Crippen molar-refractivity contribution in [3.63, 3.8) is 0 Å². The van der Waals surface area contributed by atoms with Crippen LogP contribution in [0.25, 0.3) is 0 Å². The van der Waals surface area contributed by atoms with Gasteiger partial charge < -0.3 is 5.21 Å². The van der Waals surface area contributed by atoms with E-state index in [0.29, 0.717) is 0 Å². The molecule has 0 N–H and O–H groups in total. The van der Waals surface area contributed by atoms with E-state index in [1.165, 1.54) is 12.0 Å². The van der Waals surface area contributed by atoms with Crippen molar-refractivity contribution in [3.8, 4) is 0 Å². The number of nitrogens with zero attached hydrogens (tertiary/aromatic N) is 2. The van der Waals surface area contributed by atoms with Gasteiger partial charge in [-0.15, -0.1) is 0 Å². The summed E-state index contributed by atoms with van der Waals surface area (Å²) in [6.45, 7) is 2.08. The average Bonchev–Trinajstić information content (AvgIpc) is 2.59. The maximum absolute atomic E-state index is 12.4. The SMILES string of the molecule is Cc1ccc(Sc2ncccc2/C=[N+](\[O-])C2CCCCC2)cc1. The van der Waals surface area contributed by atoms with Crippen molar-refractivity contribution in [2.75, 3.05) is 0 Å². The Bertz CT molecular complexity index is 676. The standard InChI is InChI=1S/C19H22N2OS/c1-15-9-11-18(12-10-15)23-19-16(6-5-13-20-19)14-21(22)17-7-3-2-4-8-17/h5-6,9-14,17H,2-4,7-8H2,1H3/b21-14-. The third-order valence-electron chi connectivity index (χ3n) is 4.24. The van der Waals surface area contributed by atoms with Crippen LogP contribution < -0.4 is 0 Å². The Kier molecular flexibility index (Phi) is 5.34. The number of hydrogen-bond acceptors (Lipinski definition) is 3. The lowest BCUT2D eigenvalue weighted by Gasteiger charge is -2.21. The summed E-state index contributed by atoms with van der Waals surface area (Å²) in [7, 11) is 0. The van der Waals surface area contributed by atoms with Gasteiger partial charge in [0, 0.05) is 23.9 Å². The molecule has 0 atom stereocenters. The Morgan fingerprint density at radius 1 is 1.13 bits per heavy atom. The number of aryl methyl sites for hydroxylation is 1. The molecular weight excluding hydrogens is 304 g/mol. The molecule has 1 heterocycles. The Hall–Kier alpha value is -1.81. The van der Waals surface area contributed by atoms with Gasteiger partial charge >= 0.3 is 0 Å². The Labute approximate surface area is 142 Å². The first-order valence-electron chi connectivity index (χ1n) is 8.22. The zero-order valence-electron chi connectivity index (χ0n) is 13.4. The van der Waals surface area contributed by atoms with E-state index in [9.17, 15) is 5.21 Å². The van der Waals surface area contributed by atoms with Crippen molar-refractivity contribution < 1.29 is 4.74 Å². The fourth-order valence-electron chi connectivity index (χ4n) is 2.88. The van der Waals surface area contributed by atoms with Crippen molar-refractivity contribution >= 4 is 18.0 Å². The van der Waals surface area contributed by atoms with Gasteiger partial charge in [0.2, 0.25) is 0 Å². The molecule has 0 saturated heterocycles. The van der Waals surface area contributed by atoms with E-state index in [1.807, 2.05) is 12.1 Å². The highest BCUT2D eigenvalue weighted by Crippen LogP contribution is 2.28. The quantitative estimate of drug-likeness (QED) is 0.350. The summed E-state index contributed by atoms with van der Waals surface area (Å²) in [5.41, 5.74) is 2.14. The third-order valence-corrected chi connectivity index (χ3v) is 5.28. The first-order chi connectivity index (χ1) is 11.2. The lowest BCUT2D eigenvalue weighted by molar-refractivity contribution is -0.500. The molecule has 0 spiro atoms. The van der Waals surface area contributed by atoms with Crippen LogP contribution in [0.5, 0.6) is 0 Å². The van der Waals surface area contributed by atoms with Crippen molar-refractivity contribution in [1.82, 2.24) is 4.98 Å². The van der Waals surface area contributed by atoms with Gasteiger partial charge in [-0.3, -0.25) is 0 Å². The van der Waals surface area contributed by atoms with Crippen LogP contribution in [0.2, 0.25) is 0 Å². The highest BCUT2D eigenvalue weighted by Gasteiger charge is 2.20. The average molecular weight is 326 g/mol. The Morgan fingerprint density at radius 2 is 1.87 bits per heavy atom. The molecular formula is C19H22N2OS. The maximum Gasteiger partial charge on any atom is 0.184 e. The normalized spacial score (nSPS) is 16.5. The number of rotatable bonds is 4. The van der Waals surface area contributed by atoms with Crippen molar-refractivity contribution in [2.24, 2.45) is 0 Å². The number of benzene rings is 1. The minimum Gasteiger partial charge on any atom is -0.624 e. The minimum absolute atomic E-state index is 0.126. The van der Waals surface area contributed by atoms with Crippen molar-refractivity contribution in [1.29, 1.82) is 0 Å². The zero-order chi connectivity index (χ0) is 16.1. The fraction of sp³-hybridized carbons (Fsp3) is 0.368. The second-order valence-corrected chi connectivity index (χ2v) is 7.16. The van der Waals surface area contributed by atoms with Crippen LogP contribution in [0.15, 0.2) is 52.5 Å². The predicted octanol–water partition coefficient (Wildman–Crippen LogP) is 4.80. The first kappa shape index (κ1) is 16.1. The van der Waals surface area contributed by atoms with Crippen LogP contribution in [0.4, 0.5) is 0 Å². The Balaban J connectivity index is 1.81. The van der Waals surface area contributed by atoms with Gasteiger partial charge in [0.15, 0.2) is 12.3 Å². The molecule has 120 valence electrons. The molecule has 0 amide bonds. The Morgan fingerprint density at radius 3 is 2.61 bits per heavy atom. The van der Waals surface area contributed by atoms with Crippen LogP contribution >= 0.6 is 11.8 Å². The smallest absolute Gasteiger partial charge is 0.184 e. The number of hydroxylamine groups is 1. The molecule has 0 radical (unpaired) electrons. The molecule has 4 heteroatoms. The molecule has 0 aliphatic heterocycles. The summed E-state index contributed by atoms with van der Waals surface area (Å²) in [6.07, 6.45) is 9.08. The van der Waals surface area contributed by atoms with Gasteiger partial charge in [-0.05, 0) is 44.0 Å². The molecule has 2 aromatic rings. The molecule has 1 saturated carbocycles. The number of pyridine rings is 1. The van der Waals surface area contributed by atoms with Crippen LogP contribution in [0, 0.1) is 12.1 Å². The van der Waals surface area contributed by atoms with E-state index in [2.05, 4.69) is 36.2 Å². The highest BCUT2D eigenvalue weighted by molar-refractivity contribution is 7.99. The van der Waals surface area contributed by atoms with Gasteiger partial charge in [-0.25, -0.2) is 9.72 Å². The fourth-order valence-corrected chi connectivity index (χ4v) is 3.73. The predicted molar refractivity (Wildman–Crippen MR) is 95.2 cm³/mol. The van der Waals surface area contributed by atoms with Crippen LogP contribution in [-0.4, -0.2) is 22.0 Å². The molecule has 1 fully saturated rings. The second-order valence-electron chi connectivity index (χ2n) is 6.09. The molecule has 0 unspecified atom stereocenters. The lowest BCUT2D eigenvalue weighted by atomic mass is 9.96. The maximum atomic E-state index is 12.4. The van der Waals surface area contributed by atoms with E-state index in [1.54, 1.807) is 24.2 Å². The van der Waals surface area contributed by atoms with Crippen molar-refractivity contribution in [2.45, 2.75) is 55.0 Å². The largest absolute Gasteiger partial charge is 0.624 e. The lowest BCUT2D eigenvalue weighted by Crippen LogP contribution is -2.25. The molecule has 3 nitrogen and oxygen atoms in total. The molecule has 1 aromatic carbocycles. The summed E-state index contributed by atoms with van der Waals surface area (Å²) in [5.74, 6) is 0.